The molecule has 0 bridgehead atoms. The molecule has 1 aromatic heterocycles. The fourth-order valence-electron chi connectivity index (χ4n) is 1.98. The van der Waals surface area contributed by atoms with Gasteiger partial charge in [0.15, 0.2) is 0 Å². The van der Waals surface area contributed by atoms with Gasteiger partial charge in [-0.15, -0.1) is 0 Å². The molecule has 18 heavy (non-hydrogen) atoms. The molecule has 0 fully saturated rings. The first-order valence-electron chi connectivity index (χ1n) is 5.85. The molecule has 0 aliphatic heterocycles. The van der Waals surface area contributed by atoms with Crippen molar-refractivity contribution in [3.63, 3.8) is 0 Å². The zero-order valence-corrected chi connectivity index (χ0v) is 11.4. The van der Waals surface area contributed by atoms with E-state index in [1.807, 2.05) is 14.0 Å². The zero-order chi connectivity index (χ0) is 13.1. The highest BCUT2D eigenvalue weighted by molar-refractivity contribution is 7.07. The number of nitrogens with zero attached hydrogens (tertiary/aromatic N) is 1. The van der Waals surface area contributed by atoms with E-state index in [1.165, 1.54) is 17.7 Å². The van der Waals surface area contributed by atoms with Gasteiger partial charge in [0.05, 0.1) is 0 Å². The van der Waals surface area contributed by atoms with Crippen molar-refractivity contribution in [1.82, 2.24) is 0 Å². The molecule has 96 valence electrons. The van der Waals surface area contributed by atoms with Crippen LogP contribution < -0.4 is 10.6 Å². The van der Waals surface area contributed by atoms with Crippen molar-refractivity contribution in [3.05, 3.63) is 52.0 Å². The minimum absolute atomic E-state index is 0.180. The second kappa shape index (κ2) is 5.50. The molecular formula is C14H17FN2S. The molecule has 0 radical (unpaired) electrons. The van der Waals surface area contributed by atoms with E-state index in [0.717, 1.165) is 17.8 Å². The molecule has 0 spiro atoms. The van der Waals surface area contributed by atoms with Crippen LogP contribution in [-0.2, 0) is 6.54 Å². The number of benzene rings is 1. The van der Waals surface area contributed by atoms with Crippen LogP contribution in [0.4, 0.5) is 10.1 Å². The van der Waals surface area contributed by atoms with Crippen LogP contribution in [-0.4, -0.2) is 7.05 Å². The van der Waals surface area contributed by atoms with Crippen LogP contribution in [0, 0.1) is 5.82 Å². The van der Waals surface area contributed by atoms with E-state index in [4.69, 9.17) is 5.73 Å². The molecule has 2 aromatic rings. The Morgan fingerprint density at radius 2 is 2.17 bits per heavy atom. The monoisotopic (exact) mass is 264 g/mol. The van der Waals surface area contributed by atoms with Gasteiger partial charge in [0.1, 0.15) is 5.82 Å². The van der Waals surface area contributed by atoms with Crippen LogP contribution in [0.15, 0.2) is 35.0 Å². The van der Waals surface area contributed by atoms with E-state index in [-0.39, 0.29) is 11.9 Å². The molecule has 1 heterocycles. The first kappa shape index (κ1) is 13.1. The van der Waals surface area contributed by atoms with Crippen LogP contribution in [0.3, 0.4) is 0 Å². The standard InChI is InChI=1S/C14H17FN2S/c1-10(16)13-7-12(15)3-4-14(13)17(2)8-11-5-6-18-9-11/h3-7,9-10H,8,16H2,1-2H3. The molecule has 0 saturated carbocycles. The van der Waals surface area contributed by atoms with Crippen molar-refractivity contribution in [1.29, 1.82) is 0 Å². The Hall–Kier alpha value is -1.39. The lowest BCUT2D eigenvalue weighted by molar-refractivity contribution is 0.622. The van der Waals surface area contributed by atoms with Gasteiger partial charge in [-0.3, -0.25) is 0 Å². The minimum Gasteiger partial charge on any atom is -0.370 e. The Kier molecular flexibility index (Phi) is 3.99. The maximum Gasteiger partial charge on any atom is 0.123 e. The maximum absolute atomic E-state index is 13.3. The third kappa shape index (κ3) is 2.89. The molecule has 0 amide bonds. The summed E-state index contributed by atoms with van der Waals surface area (Å²) in [5, 5.41) is 4.17. The number of hydrogen-bond donors (Lipinski definition) is 1. The van der Waals surface area contributed by atoms with Gasteiger partial charge in [0, 0.05) is 25.3 Å². The molecule has 1 unspecified atom stereocenters. The number of hydrogen-bond acceptors (Lipinski definition) is 3. The van der Waals surface area contributed by atoms with Gasteiger partial charge in [0.2, 0.25) is 0 Å². The summed E-state index contributed by atoms with van der Waals surface area (Å²) >= 11 is 1.68. The first-order chi connectivity index (χ1) is 8.58. The summed E-state index contributed by atoms with van der Waals surface area (Å²) in [5.41, 5.74) is 8.98. The largest absolute Gasteiger partial charge is 0.370 e. The second-order valence-corrected chi connectivity index (χ2v) is 5.26. The Balaban J connectivity index is 2.26. The lowest BCUT2D eigenvalue weighted by Crippen LogP contribution is -2.20. The van der Waals surface area contributed by atoms with Crippen molar-refractivity contribution in [2.75, 3.05) is 11.9 Å². The maximum atomic E-state index is 13.3. The lowest BCUT2D eigenvalue weighted by atomic mass is 10.1. The van der Waals surface area contributed by atoms with Gasteiger partial charge in [-0.05, 0) is 53.1 Å². The van der Waals surface area contributed by atoms with E-state index < -0.39 is 0 Å². The third-order valence-corrected chi connectivity index (χ3v) is 3.62. The van der Waals surface area contributed by atoms with Crippen LogP contribution >= 0.6 is 11.3 Å². The van der Waals surface area contributed by atoms with Gasteiger partial charge >= 0.3 is 0 Å². The Bertz CT molecular complexity index is 509. The van der Waals surface area contributed by atoms with Gasteiger partial charge < -0.3 is 10.6 Å². The predicted octanol–water partition coefficient (Wildman–Crippen LogP) is 3.54. The smallest absolute Gasteiger partial charge is 0.123 e. The average molecular weight is 264 g/mol. The molecule has 4 heteroatoms. The summed E-state index contributed by atoms with van der Waals surface area (Å²) in [6.07, 6.45) is 0. The summed E-state index contributed by atoms with van der Waals surface area (Å²) in [4.78, 5) is 2.10. The number of rotatable bonds is 4. The van der Waals surface area contributed by atoms with Crippen molar-refractivity contribution < 1.29 is 4.39 Å². The summed E-state index contributed by atoms with van der Waals surface area (Å²) in [6.45, 7) is 2.67. The first-order valence-corrected chi connectivity index (χ1v) is 6.79. The van der Waals surface area contributed by atoms with Crippen LogP contribution in [0.1, 0.15) is 24.1 Å². The van der Waals surface area contributed by atoms with E-state index >= 15 is 0 Å². The number of anilines is 1. The highest BCUT2D eigenvalue weighted by Crippen LogP contribution is 2.26. The molecule has 0 aliphatic rings. The molecule has 1 atom stereocenters. The van der Waals surface area contributed by atoms with E-state index in [9.17, 15) is 4.39 Å². The van der Waals surface area contributed by atoms with Gasteiger partial charge in [-0.2, -0.15) is 11.3 Å². The predicted molar refractivity (Wildman–Crippen MR) is 75.4 cm³/mol. The molecule has 2 N–H and O–H groups in total. The highest BCUT2D eigenvalue weighted by atomic mass is 32.1. The highest BCUT2D eigenvalue weighted by Gasteiger charge is 2.12. The molecule has 1 aromatic carbocycles. The number of nitrogens with two attached hydrogens (primary N) is 1. The van der Waals surface area contributed by atoms with Crippen molar-refractivity contribution in [2.24, 2.45) is 5.73 Å². The lowest BCUT2D eigenvalue weighted by Gasteiger charge is -2.23. The fourth-order valence-corrected chi connectivity index (χ4v) is 2.64. The summed E-state index contributed by atoms with van der Waals surface area (Å²) in [6, 6.07) is 6.70. The van der Waals surface area contributed by atoms with E-state index in [0.29, 0.717) is 0 Å². The molecule has 2 rings (SSSR count). The molecule has 0 saturated heterocycles. The molecule has 0 aliphatic carbocycles. The molecular weight excluding hydrogens is 247 g/mol. The minimum atomic E-state index is -0.241. The second-order valence-electron chi connectivity index (χ2n) is 4.48. The molecule has 2 nitrogen and oxygen atoms in total. The van der Waals surface area contributed by atoms with Crippen molar-refractivity contribution in [2.45, 2.75) is 19.5 Å². The van der Waals surface area contributed by atoms with Crippen molar-refractivity contribution >= 4 is 17.0 Å². The Morgan fingerprint density at radius 3 is 2.78 bits per heavy atom. The van der Waals surface area contributed by atoms with Crippen molar-refractivity contribution in [3.8, 4) is 0 Å². The SMILES string of the molecule is CC(N)c1cc(F)ccc1N(C)Cc1ccsc1. The fraction of sp³-hybridized carbons (Fsp3) is 0.286. The zero-order valence-electron chi connectivity index (χ0n) is 10.6. The van der Waals surface area contributed by atoms with E-state index in [2.05, 4.69) is 21.7 Å². The van der Waals surface area contributed by atoms with Gasteiger partial charge in [-0.25, -0.2) is 4.39 Å². The summed E-state index contributed by atoms with van der Waals surface area (Å²) in [7, 11) is 2.00. The quantitative estimate of drug-likeness (QED) is 0.915. The average Bonchev–Trinajstić information content (AvgIpc) is 2.81. The third-order valence-electron chi connectivity index (χ3n) is 2.89. The van der Waals surface area contributed by atoms with Gasteiger partial charge in [0.25, 0.3) is 0 Å². The van der Waals surface area contributed by atoms with Crippen LogP contribution in [0.2, 0.25) is 0 Å². The Morgan fingerprint density at radius 1 is 1.39 bits per heavy atom. The summed E-state index contributed by atoms with van der Waals surface area (Å²) < 4.78 is 13.3. The summed E-state index contributed by atoms with van der Waals surface area (Å²) in [5.74, 6) is -0.241. The normalized spacial score (nSPS) is 12.4. The topological polar surface area (TPSA) is 29.3 Å². The number of thiophene rings is 1. The van der Waals surface area contributed by atoms with E-state index in [1.54, 1.807) is 17.4 Å². The van der Waals surface area contributed by atoms with Gasteiger partial charge in [-0.1, -0.05) is 0 Å². The van der Waals surface area contributed by atoms with Crippen LogP contribution in [0.5, 0.6) is 0 Å². The van der Waals surface area contributed by atoms with Crippen LogP contribution in [0.25, 0.3) is 0 Å². The number of halogens is 1. The Labute approximate surface area is 111 Å².